The second-order valence-electron chi connectivity index (χ2n) is 7.31. The van der Waals surface area contributed by atoms with E-state index in [1.54, 1.807) is 48.8 Å². The van der Waals surface area contributed by atoms with Gasteiger partial charge in [-0.2, -0.15) is 13.2 Å². The van der Waals surface area contributed by atoms with Crippen molar-refractivity contribution in [2.24, 2.45) is 0 Å². The summed E-state index contributed by atoms with van der Waals surface area (Å²) in [5, 5.41) is 20.4. The lowest BCUT2D eigenvalue weighted by molar-refractivity contribution is -0.342. The summed E-state index contributed by atoms with van der Waals surface area (Å²) in [6.07, 6.45) is -0.873. The molecule has 7 heteroatoms. The van der Waals surface area contributed by atoms with Crippen LogP contribution in [-0.2, 0) is 6.18 Å². The maximum Gasteiger partial charge on any atom is 0.416 e. The van der Waals surface area contributed by atoms with Crippen molar-refractivity contribution in [1.82, 2.24) is 4.98 Å². The van der Waals surface area contributed by atoms with Gasteiger partial charge >= 0.3 is 6.18 Å². The zero-order valence-electron chi connectivity index (χ0n) is 16.0. The Hall–Kier alpha value is -4.00. The minimum Gasteiger partial charge on any atom is -0.508 e. The summed E-state index contributed by atoms with van der Waals surface area (Å²) in [7, 11) is 0. The maximum absolute atomic E-state index is 13.1. The molecule has 2 heterocycles. The largest absolute Gasteiger partial charge is 0.508 e. The molecule has 4 N–H and O–H groups in total. The maximum atomic E-state index is 13.1. The van der Waals surface area contributed by atoms with Crippen molar-refractivity contribution >= 4 is 34.0 Å². The van der Waals surface area contributed by atoms with Crippen molar-refractivity contribution in [2.75, 3.05) is 0 Å². The molecule has 0 atom stereocenters. The molecule has 1 aliphatic rings. The van der Waals surface area contributed by atoms with E-state index in [-0.39, 0.29) is 11.5 Å². The number of nitrogens with one attached hydrogen (secondary N) is 2. The highest BCUT2D eigenvalue weighted by molar-refractivity contribution is 6.24. The van der Waals surface area contributed by atoms with Crippen LogP contribution < -0.4 is 4.99 Å². The molecule has 0 bridgehead atoms. The van der Waals surface area contributed by atoms with Gasteiger partial charge in [0.05, 0.1) is 22.8 Å². The van der Waals surface area contributed by atoms with Gasteiger partial charge in [-0.3, -0.25) is 0 Å². The number of H-pyrrole nitrogens is 1. The monoisotopic (exact) mass is 421 g/mol. The second-order valence-corrected chi connectivity index (χ2v) is 7.31. The number of aromatic hydroxyl groups is 2. The number of aromatic amines is 1. The van der Waals surface area contributed by atoms with Crippen LogP contribution in [-0.4, -0.2) is 21.4 Å². The minimum atomic E-state index is -4.42. The minimum absolute atomic E-state index is 0.111. The van der Waals surface area contributed by atoms with Crippen LogP contribution in [0.1, 0.15) is 22.3 Å². The number of alkyl halides is 3. The number of hydrogen-bond acceptors (Lipinski definition) is 2. The Morgan fingerprint density at radius 1 is 0.871 bits per heavy atom. The number of phenols is 2. The second kappa shape index (κ2) is 6.77. The Labute approximate surface area is 174 Å². The molecule has 4 aromatic rings. The van der Waals surface area contributed by atoms with Crippen molar-refractivity contribution in [1.29, 1.82) is 0 Å². The number of hydrogen-bond donors (Lipinski definition) is 4. The third-order valence-electron chi connectivity index (χ3n) is 5.37. The first-order chi connectivity index (χ1) is 14.8. The van der Waals surface area contributed by atoms with Crippen LogP contribution in [0.2, 0.25) is 0 Å². The Bertz CT molecular complexity index is 1380. The normalized spacial score (nSPS) is 14.8. The average molecular weight is 421 g/mol. The molecule has 31 heavy (non-hydrogen) atoms. The number of benzene rings is 3. The Kier molecular flexibility index (Phi) is 4.15. The SMILES string of the molecule is Oc1ccc2c(c1)[NH+]=CC2=C(c1ccc(C(F)(F)F)cc1)c1c[nH]c2cc(O)ccc12. The van der Waals surface area contributed by atoms with Crippen molar-refractivity contribution in [3.8, 4) is 11.5 Å². The molecule has 0 saturated heterocycles. The molecular formula is C24H16F3N2O2+. The van der Waals surface area contributed by atoms with E-state index in [0.717, 1.165) is 39.8 Å². The van der Waals surface area contributed by atoms with Gasteiger partial charge in [0.25, 0.3) is 0 Å². The summed E-state index contributed by atoms with van der Waals surface area (Å²) in [6.45, 7) is 0. The van der Waals surface area contributed by atoms with E-state index in [9.17, 15) is 23.4 Å². The Morgan fingerprint density at radius 3 is 2.32 bits per heavy atom. The van der Waals surface area contributed by atoms with Gasteiger partial charge in [-0.25, -0.2) is 4.99 Å². The summed E-state index contributed by atoms with van der Waals surface area (Å²) in [6, 6.07) is 14.9. The van der Waals surface area contributed by atoms with Gasteiger partial charge in [-0.1, -0.05) is 12.1 Å². The number of allylic oxidation sites excluding steroid dienone is 1. The molecule has 0 amide bonds. The van der Waals surface area contributed by atoms with Crippen molar-refractivity contribution in [2.45, 2.75) is 6.18 Å². The highest BCUT2D eigenvalue weighted by atomic mass is 19.4. The van der Waals surface area contributed by atoms with Gasteiger partial charge in [-0.05, 0) is 42.0 Å². The molecular weight excluding hydrogens is 405 g/mol. The van der Waals surface area contributed by atoms with Crippen LogP contribution in [0.5, 0.6) is 11.5 Å². The van der Waals surface area contributed by atoms with Crippen LogP contribution in [0.4, 0.5) is 18.9 Å². The van der Waals surface area contributed by atoms with Crippen LogP contribution in [0.3, 0.4) is 0 Å². The van der Waals surface area contributed by atoms with Crippen LogP contribution in [0.25, 0.3) is 22.0 Å². The van der Waals surface area contributed by atoms with Gasteiger partial charge in [0.2, 0.25) is 5.69 Å². The van der Waals surface area contributed by atoms with Gasteiger partial charge in [0, 0.05) is 34.3 Å². The van der Waals surface area contributed by atoms with Gasteiger partial charge in [0.15, 0.2) is 6.21 Å². The van der Waals surface area contributed by atoms with Crippen molar-refractivity contribution in [3.05, 3.63) is 89.1 Å². The van der Waals surface area contributed by atoms with Crippen molar-refractivity contribution < 1.29 is 28.4 Å². The first-order valence-corrected chi connectivity index (χ1v) is 9.47. The molecule has 3 aromatic carbocycles. The standard InChI is InChI=1S/C24H15F3N2O2/c25-24(26,27)14-3-1-13(2-4-14)23(19-11-28-21-9-15(30)5-7-17(19)21)20-12-29-22-10-16(31)6-8-18(20)22/h1-12,28,30-31H/p+1. The molecule has 5 rings (SSSR count). The van der Waals surface area contributed by atoms with E-state index in [4.69, 9.17) is 0 Å². The average Bonchev–Trinajstić information content (AvgIpc) is 3.32. The Morgan fingerprint density at radius 2 is 1.58 bits per heavy atom. The lowest BCUT2D eigenvalue weighted by Crippen LogP contribution is -2.58. The lowest BCUT2D eigenvalue weighted by atomic mass is 9.89. The van der Waals surface area contributed by atoms with Gasteiger partial charge in [0.1, 0.15) is 11.5 Å². The lowest BCUT2D eigenvalue weighted by Gasteiger charge is -2.12. The van der Waals surface area contributed by atoms with E-state index in [2.05, 4.69) is 9.98 Å². The molecule has 4 nitrogen and oxygen atoms in total. The van der Waals surface area contributed by atoms with Crippen LogP contribution in [0, 0.1) is 0 Å². The van der Waals surface area contributed by atoms with E-state index in [0.29, 0.717) is 16.8 Å². The van der Waals surface area contributed by atoms with Gasteiger partial charge in [-0.15, -0.1) is 0 Å². The zero-order valence-corrected chi connectivity index (χ0v) is 16.0. The van der Waals surface area contributed by atoms with E-state index in [1.165, 1.54) is 12.1 Å². The summed E-state index contributed by atoms with van der Waals surface area (Å²) in [5.74, 6) is 0.221. The third-order valence-corrected chi connectivity index (χ3v) is 5.37. The van der Waals surface area contributed by atoms with Crippen LogP contribution in [0.15, 0.2) is 66.9 Å². The molecule has 0 fully saturated rings. The molecule has 0 aliphatic carbocycles. The molecule has 0 saturated carbocycles. The molecule has 0 radical (unpaired) electrons. The molecule has 1 aromatic heterocycles. The fourth-order valence-electron chi connectivity index (χ4n) is 3.92. The van der Waals surface area contributed by atoms with Crippen molar-refractivity contribution in [3.63, 3.8) is 0 Å². The Balaban J connectivity index is 1.78. The first-order valence-electron chi connectivity index (χ1n) is 9.47. The fraction of sp³-hybridized carbons (Fsp3) is 0.0417. The predicted octanol–water partition coefficient (Wildman–Crippen LogP) is 4.35. The zero-order chi connectivity index (χ0) is 21.8. The van der Waals surface area contributed by atoms with E-state index < -0.39 is 11.7 Å². The highest BCUT2D eigenvalue weighted by Gasteiger charge is 2.31. The third kappa shape index (κ3) is 3.24. The predicted molar refractivity (Wildman–Crippen MR) is 112 cm³/mol. The number of rotatable bonds is 2. The van der Waals surface area contributed by atoms with E-state index >= 15 is 0 Å². The summed E-state index contributed by atoms with van der Waals surface area (Å²) in [5.41, 5.74) is 4.41. The number of aromatic nitrogens is 1. The number of fused-ring (bicyclic) bond motifs is 2. The molecule has 1 aliphatic heterocycles. The summed E-state index contributed by atoms with van der Waals surface area (Å²) < 4.78 is 39.3. The smallest absolute Gasteiger partial charge is 0.416 e. The first kappa shape index (κ1) is 19.0. The molecule has 0 spiro atoms. The summed E-state index contributed by atoms with van der Waals surface area (Å²) in [4.78, 5) is 6.25. The van der Waals surface area contributed by atoms with E-state index in [1.807, 2.05) is 0 Å². The quantitative estimate of drug-likeness (QED) is 0.389. The highest BCUT2D eigenvalue weighted by Crippen LogP contribution is 2.39. The number of phenolic OH excluding ortho intramolecular Hbond substituents is 2. The molecule has 0 unspecified atom stereocenters. The number of halogens is 3. The summed E-state index contributed by atoms with van der Waals surface area (Å²) >= 11 is 0. The molecule has 154 valence electrons. The topological polar surface area (TPSA) is 70.2 Å². The fourth-order valence-corrected chi connectivity index (χ4v) is 3.92. The van der Waals surface area contributed by atoms with Crippen LogP contribution >= 0.6 is 0 Å². The van der Waals surface area contributed by atoms with Gasteiger partial charge < -0.3 is 15.2 Å².